The van der Waals surface area contributed by atoms with E-state index in [1.165, 1.54) is 21.9 Å². The van der Waals surface area contributed by atoms with Crippen LogP contribution in [0.3, 0.4) is 0 Å². The maximum absolute atomic E-state index is 5.92. The minimum Gasteiger partial charge on any atom is -0.477 e. The van der Waals surface area contributed by atoms with E-state index in [0.717, 1.165) is 24.6 Å². The smallest absolute Gasteiger partial charge is 0.142 e. The Morgan fingerprint density at radius 3 is 1.65 bits per heavy atom. The van der Waals surface area contributed by atoms with Crippen LogP contribution in [0.4, 0.5) is 0 Å². The number of nitrogens with zero attached hydrogens (tertiary/aromatic N) is 2. The summed E-state index contributed by atoms with van der Waals surface area (Å²) in [6.45, 7) is 3.16. The van der Waals surface area contributed by atoms with Crippen molar-refractivity contribution in [2.45, 2.75) is 13.1 Å². The molecule has 2 aliphatic rings. The molecule has 0 aromatic heterocycles. The summed E-state index contributed by atoms with van der Waals surface area (Å²) in [5.74, 6) is 2.04. The van der Waals surface area contributed by atoms with Crippen LogP contribution in [0.1, 0.15) is 11.1 Å². The molecule has 0 spiro atoms. The monoisotopic (exact) mass is 270 g/mol. The Labute approximate surface area is 118 Å². The fourth-order valence-corrected chi connectivity index (χ4v) is 3.05. The quantitative estimate of drug-likeness (QED) is 0.734. The van der Waals surface area contributed by atoms with Gasteiger partial charge >= 0.3 is 0 Å². The molecule has 2 aromatic carbocycles. The van der Waals surface area contributed by atoms with E-state index in [-0.39, 0.29) is 0 Å². The van der Waals surface area contributed by atoms with Crippen LogP contribution in [0.15, 0.2) is 24.3 Å². The Bertz CT molecular complexity index is 624. The van der Waals surface area contributed by atoms with Gasteiger partial charge in [-0.25, -0.2) is 0 Å². The molecule has 2 aliphatic heterocycles. The van der Waals surface area contributed by atoms with Gasteiger partial charge in [-0.2, -0.15) is 0 Å². The number of hydrogen-bond acceptors (Lipinski definition) is 4. The van der Waals surface area contributed by atoms with Crippen LogP contribution >= 0.6 is 0 Å². The summed E-state index contributed by atoms with van der Waals surface area (Å²) >= 11 is 0. The van der Waals surface area contributed by atoms with Gasteiger partial charge in [0, 0.05) is 35.0 Å². The average Bonchev–Trinajstić information content (AvgIpc) is 2.45. The maximum Gasteiger partial charge on any atom is 0.142 e. The third kappa shape index (κ3) is 1.76. The normalized spacial score (nSPS) is 19.1. The van der Waals surface area contributed by atoms with Gasteiger partial charge in [0.25, 0.3) is 0 Å². The van der Waals surface area contributed by atoms with Crippen LogP contribution in [-0.2, 0) is 13.1 Å². The molecular formula is C16H18N2O2. The highest BCUT2D eigenvalue weighted by molar-refractivity contribution is 5.95. The molecule has 0 N–H and O–H groups in total. The van der Waals surface area contributed by atoms with Crippen molar-refractivity contribution in [1.29, 1.82) is 0 Å². The predicted molar refractivity (Wildman–Crippen MR) is 77.9 cm³/mol. The third-order valence-electron chi connectivity index (χ3n) is 4.00. The van der Waals surface area contributed by atoms with E-state index in [9.17, 15) is 0 Å². The standard InChI is InChI=1S/C16H18N2O2/c1-17-7-11-3-5-14-13(15(11)19-9-17)6-4-12-8-18(2)10-20-16(12)14/h3-6H,7-10H2,1-2H3. The fraction of sp³-hybridized carbons (Fsp3) is 0.375. The molecule has 0 atom stereocenters. The SMILES string of the molecule is CN1COc2c(ccc3c4c(ccc23)CN(C)CO4)C1. The van der Waals surface area contributed by atoms with E-state index in [4.69, 9.17) is 9.47 Å². The zero-order valence-corrected chi connectivity index (χ0v) is 11.8. The summed E-state index contributed by atoms with van der Waals surface area (Å²) in [4.78, 5) is 4.33. The van der Waals surface area contributed by atoms with E-state index in [1.54, 1.807) is 0 Å². The summed E-state index contributed by atoms with van der Waals surface area (Å²) in [5.41, 5.74) is 2.50. The van der Waals surface area contributed by atoms with Crippen molar-refractivity contribution in [1.82, 2.24) is 9.80 Å². The van der Waals surface area contributed by atoms with Crippen LogP contribution in [0, 0.1) is 0 Å². The van der Waals surface area contributed by atoms with Gasteiger partial charge < -0.3 is 9.47 Å². The lowest BCUT2D eigenvalue weighted by Gasteiger charge is -2.29. The fourth-order valence-electron chi connectivity index (χ4n) is 3.05. The number of hydrogen-bond donors (Lipinski definition) is 0. The lowest BCUT2D eigenvalue weighted by molar-refractivity contribution is 0.121. The Balaban J connectivity index is 1.91. The van der Waals surface area contributed by atoms with Crippen molar-refractivity contribution >= 4 is 10.8 Å². The molecule has 2 heterocycles. The first-order chi connectivity index (χ1) is 9.72. The summed E-state index contributed by atoms with van der Waals surface area (Å²) in [5, 5.41) is 2.33. The van der Waals surface area contributed by atoms with Gasteiger partial charge in [-0.05, 0) is 14.1 Å². The predicted octanol–water partition coefficient (Wildman–Crippen LogP) is 2.40. The van der Waals surface area contributed by atoms with E-state index in [0.29, 0.717) is 13.5 Å². The molecule has 4 heteroatoms. The molecule has 0 saturated carbocycles. The largest absolute Gasteiger partial charge is 0.477 e. The average molecular weight is 270 g/mol. The van der Waals surface area contributed by atoms with Gasteiger partial charge in [-0.1, -0.05) is 24.3 Å². The van der Waals surface area contributed by atoms with Gasteiger partial charge in [-0.15, -0.1) is 0 Å². The Hall–Kier alpha value is -1.78. The Morgan fingerprint density at radius 1 is 0.750 bits per heavy atom. The topological polar surface area (TPSA) is 24.9 Å². The van der Waals surface area contributed by atoms with E-state index in [2.05, 4.69) is 48.2 Å². The molecule has 0 bridgehead atoms. The van der Waals surface area contributed by atoms with E-state index >= 15 is 0 Å². The highest BCUT2D eigenvalue weighted by Crippen LogP contribution is 2.40. The minimum absolute atomic E-state index is 0.646. The first-order valence-electron chi connectivity index (χ1n) is 6.92. The highest BCUT2D eigenvalue weighted by atomic mass is 16.5. The van der Waals surface area contributed by atoms with Crippen LogP contribution in [0.5, 0.6) is 11.5 Å². The minimum atomic E-state index is 0.646. The molecule has 0 radical (unpaired) electrons. The van der Waals surface area contributed by atoms with E-state index in [1.807, 2.05) is 0 Å². The number of ether oxygens (including phenoxy) is 2. The first kappa shape index (κ1) is 12.0. The van der Waals surface area contributed by atoms with Gasteiger partial charge in [0.15, 0.2) is 0 Å². The van der Waals surface area contributed by atoms with Crippen molar-refractivity contribution in [3.05, 3.63) is 35.4 Å². The van der Waals surface area contributed by atoms with Crippen LogP contribution < -0.4 is 9.47 Å². The molecule has 0 fully saturated rings. The lowest BCUT2D eigenvalue weighted by atomic mass is 10.00. The molecule has 4 nitrogen and oxygen atoms in total. The molecule has 2 aromatic rings. The van der Waals surface area contributed by atoms with Crippen molar-refractivity contribution < 1.29 is 9.47 Å². The van der Waals surface area contributed by atoms with Crippen molar-refractivity contribution in [2.24, 2.45) is 0 Å². The molecule has 20 heavy (non-hydrogen) atoms. The van der Waals surface area contributed by atoms with Crippen LogP contribution in [-0.4, -0.2) is 37.4 Å². The maximum atomic E-state index is 5.92. The number of rotatable bonds is 0. The zero-order chi connectivity index (χ0) is 13.7. The molecule has 0 aliphatic carbocycles. The summed E-state index contributed by atoms with van der Waals surface area (Å²) in [6.07, 6.45) is 0. The molecule has 4 rings (SSSR count). The molecule has 0 saturated heterocycles. The second-order valence-electron chi connectivity index (χ2n) is 5.78. The summed E-state index contributed by atoms with van der Waals surface area (Å²) in [7, 11) is 4.14. The first-order valence-corrected chi connectivity index (χ1v) is 6.92. The van der Waals surface area contributed by atoms with Gasteiger partial charge in [0.1, 0.15) is 25.0 Å². The Morgan fingerprint density at radius 2 is 1.20 bits per heavy atom. The second-order valence-corrected chi connectivity index (χ2v) is 5.78. The molecule has 0 amide bonds. The molecule has 104 valence electrons. The van der Waals surface area contributed by atoms with E-state index < -0.39 is 0 Å². The molecular weight excluding hydrogens is 252 g/mol. The van der Waals surface area contributed by atoms with Gasteiger partial charge in [0.2, 0.25) is 0 Å². The number of fused-ring (bicyclic) bond motifs is 5. The van der Waals surface area contributed by atoms with Gasteiger partial charge in [0.05, 0.1) is 0 Å². The third-order valence-corrected chi connectivity index (χ3v) is 4.00. The highest BCUT2D eigenvalue weighted by Gasteiger charge is 2.22. The zero-order valence-electron chi connectivity index (χ0n) is 11.8. The van der Waals surface area contributed by atoms with Gasteiger partial charge in [-0.3, -0.25) is 9.80 Å². The second kappa shape index (κ2) is 4.36. The van der Waals surface area contributed by atoms with Crippen molar-refractivity contribution in [3.63, 3.8) is 0 Å². The summed E-state index contributed by atoms with van der Waals surface area (Å²) in [6, 6.07) is 8.66. The summed E-state index contributed by atoms with van der Waals surface area (Å²) < 4.78 is 11.8. The molecule has 0 unspecified atom stereocenters. The lowest BCUT2D eigenvalue weighted by Crippen LogP contribution is -2.29. The van der Waals surface area contributed by atoms with Crippen LogP contribution in [0.25, 0.3) is 10.8 Å². The Kier molecular flexibility index (Phi) is 2.62. The van der Waals surface area contributed by atoms with Crippen LogP contribution in [0.2, 0.25) is 0 Å². The van der Waals surface area contributed by atoms with Crippen molar-refractivity contribution in [2.75, 3.05) is 27.6 Å². The van der Waals surface area contributed by atoms with Crippen molar-refractivity contribution in [3.8, 4) is 11.5 Å². The number of benzene rings is 2.